The summed E-state index contributed by atoms with van der Waals surface area (Å²) in [5, 5.41) is 3.39. The van der Waals surface area contributed by atoms with Crippen molar-refractivity contribution >= 4 is 44.3 Å². The maximum absolute atomic E-state index is 13.6. The van der Waals surface area contributed by atoms with Gasteiger partial charge in [-0.25, -0.2) is 17.8 Å². The van der Waals surface area contributed by atoms with Gasteiger partial charge in [0.25, 0.3) is 5.56 Å². The number of fused-ring (bicyclic) bond motifs is 1. The first-order chi connectivity index (χ1) is 18.7. The quantitative estimate of drug-likeness (QED) is 0.256. The summed E-state index contributed by atoms with van der Waals surface area (Å²) in [4.78, 5) is 31.1. The van der Waals surface area contributed by atoms with Crippen molar-refractivity contribution in [2.24, 2.45) is 0 Å². The van der Waals surface area contributed by atoms with E-state index in [1.54, 1.807) is 49.4 Å². The van der Waals surface area contributed by atoms with Crippen molar-refractivity contribution in [2.45, 2.75) is 36.2 Å². The van der Waals surface area contributed by atoms with E-state index in [4.69, 9.17) is 0 Å². The summed E-state index contributed by atoms with van der Waals surface area (Å²) >= 11 is 1.03. The highest BCUT2D eigenvalue weighted by molar-refractivity contribution is 7.99. The van der Waals surface area contributed by atoms with Crippen molar-refractivity contribution in [1.82, 2.24) is 13.9 Å². The van der Waals surface area contributed by atoms with Gasteiger partial charge >= 0.3 is 0 Å². The lowest BCUT2D eigenvalue weighted by molar-refractivity contribution is -0.113. The number of carbonyl (C=O) groups excluding carboxylic acids is 1. The van der Waals surface area contributed by atoms with Gasteiger partial charge in [0.2, 0.25) is 15.9 Å². The van der Waals surface area contributed by atoms with E-state index in [2.05, 4.69) is 10.3 Å². The molecular formula is C28H27FN4O4S2. The van der Waals surface area contributed by atoms with Gasteiger partial charge in [0, 0.05) is 13.1 Å². The molecule has 1 fully saturated rings. The van der Waals surface area contributed by atoms with Crippen LogP contribution in [0.5, 0.6) is 0 Å². The number of anilines is 1. The molecule has 1 aromatic heterocycles. The maximum Gasteiger partial charge on any atom is 0.266 e. The fourth-order valence-electron chi connectivity index (χ4n) is 4.53. The average molecular weight is 567 g/mol. The van der Waals surface area contributed by atoms with Gasteiger partial charge in [0.05, 0.1) is 28.0 Å². The third-order valence-electron chi connectivity index (χ3n) is 6.51. The number of nitrogens with one attached hydrogen (secondary N) is 1. The molecule has 0 spiro atoms. The van der Waals surface area contributed by atoms with E-state index >= 15 is 0 Å². The van der Waals surface area contributed by atoms with Crippen molar-refractivity contribution in [1.29, 1.82) is 0 Å². The summed E-state index contributed by atoms with van der Waals surface area (Å²) < 4.78 is 43.2. The minimum absolute atomic E-state index is 0.0646. The summed E-state index contributed by atoms with van der Waals surface area (Å²) in [6.07, 6.45) is 2.60. The molecule has 1 aliphatic heterocycles. The molecule has 1 N–H and O–H groups in total. The number of halogens is 1. The first-order valence-electron chi connectivity index (χ1n) is 12.6. The lowest BCUT2D eigenvalue weighted by atomic mass is 10.2. The van der Waals surface area contributed by atoms with Crippen LogP contribution in [0.2, 0.25) is 0 Å². The van der Waals surface area contributed by atoms with Crippen molar-refractivity contribution in [3.05, 3.63) is 88.5 Å². The lowest BCUT2D eigenvalue weighted by Crippen LogP contribution is -2.36. The molecule has 0 unspecified atom stereocenters. The van der Waals surface area contributed by atoms with Crippen LogP contribution >= 0.6 is 11.8 Å². The van der Waals surface area contributed by atoms with E-state index in [0.717, 1.165) is 36.6 Å². The number of hydrogen-bond acceptors (Lipinski definition) is 6. The summed E-state index contributed by atoms with van der Waals surface area (Å²) in [5.41, 5.74) is 1.51. The third-order valence-corrected chi connectivity index (χ3v) is 9.38. The number of aryl methyl sites for hydroxylation is 1. The van der Waals surface area contributed by atoms with Gasteiger partial charge in [0.1, 0.15) is 10.7 Å². The van der Waals surface area contributed by atoms with Gasteiger partial charge in [-0.2, -0.15) is 4.31 Å². The van der Waals surface area contributed by atoms with E-state index < -0.39 is 21.7 Å². The number of nitrogens with zero attached hydrogens (tertiary/aromatic N) is 3. The van der Waals surface area contributed by atoms with Crippen molar-refractivity contribution in [2.75, 3.05) is 24.2 Å². The van der Waals surface area contributed by atoms with E-state index in [-0.39, 0.29) is 27.1 Å². The molecule has 2 heterocycles. The predicted molar refractivity (Wildman–Crippen MR) is 150 cm³/mol. The minimum Gasteiger partial charge on any atom is -0.324 e. The molecular weight excluding hydrogens is 539 g/mol. The molecule has 11 heteroatoms. The van der Waals surface area contributed by atoms with Crippen LogP contribution in [-0.2, 0) is 14.8 Å². The molecule has 1 saturated heterocycles. The summed E-state index contributed by atoms with van der Waals surface area (Å²) in [6, 6.07) is 17.2. The van der Waals surface area contributed by atoms with Gasteiger partial charge in [-0.15, -0.1) is 0 Å². The third kappa shape index (κ3) is 5.75. The van der Waals surface area contributed by atoms with Crippen LogP contribution in [0.3, 0.4) is 0 Å². The number of piperidine rings is 1. The Bertz CT molecular complexity index is 1700. The number of amides is 1. The smallest absolute Gasteiger partial charge is 0.266 e. The van der Waals surface area contributed by atoms with Crippen LogP contribution in [0.15, 0.2) is 81.6 Å². The van der Waals surface area contributed by atoms with Crippen molar-refractivity contribution in [3.8, 4) is 5.69 Å². The number of benzene rings is 3. The highest BCUT2D eigenvalue weighted by Crippen LogP contribution is 2.29. The largest absolute Gasteiger partial charge is 0.324 e. The molecule has 3 aromatic carbocycles. The van der Waals surface area contributed by atoms with Crippen LogP contribution in [0.25, 0.3) is 16.6 Å². The van der Waals surface area contributed by atoms with E-state index in [1.807, 2.05) is 0 Å². The zero-order valence-corrected chi connectivity index (χ0v) is 22.9. The number of sulfonamides is 1. The fourth-order valence-corrected chi connectivity index (χ4v) is 7.10. The molecule has 0 aliphatic carbocycles. The summed E-state index contributed by atoms with van der Waals surface area (Å²) in [6.45, 7) is 2.71. The highest BCUT2D eigenvalue weighted by atomic mass is 32.2. The highest BCUT2D eigenvalue weighted by Gasteiger charge is 2.29. The van der Waals surface area contributed by atoms with Gasteiger partial charge < -0.3 is 5.32 Å². The zero-order chi connectivity index (χ0) is 27.6. The molecule has 1 amide bonds. The Morgan fingerprint density at radius 1 is 1.03 bits per heavy atom. The molecule has 0 radical (unpaired) electrons. The number of carbonyl (C=O) groups is 1. The van der Waals surface area contributed by atoms with Crippen LogP contribution in [0.1, 0.15) is 24.8 Å². The second kappa shape index (κ2) is 11.3. The standard InChI is InChI=1S/C28H27FN4O4S2/c1-19-9-14-24(25(17-19)39(36,37)32-15-5-2-6-16-32)30-26(34)18-38-28-31-23-8-4-3-7-22(23)27(35)33(28)21-12-10-20(29)11-13-21/h3-4,7-14,17H,2,5-6,15-16,18H2,1H3,(H,30,34). The van der Waals surface area contributed by atoms with Crippen molar-refractivity contribution in [3.63, 3.8) is 0 Å². The molecule has 0 atom stereocenters. The van der Waals surface area contributed by atoms with Gasteiger partial charge in [0.15, 0.2) is 5.16 Å². The van der Waals surface area contributed by atoms with Crippen LogP contribution in [0.4, 0.5) is 10.1 Å². The number of aromatic nitrogens is 2. The second-order valence-electron chi connectivity index (χ2n) is 9.33. The molecule has 0 bridgehead atoms. The van der Waals surface area contributed by atoms with Crippen LogP contribution in [-0.4, -0.2) is 47.0 Å². The Morgan fingerprint density at radius 2 is 1.74 bits per heavy atom. The summed E-state index contributed by atoms with van der Waals surface area (Å²) in [5.74, 6) is -1.03. The molecule has 8 nitrogen and oxygen atoms in total. The fraction of sp³-hybridized carbons (Fsp3) is 0.250. The molecule has 4 aromatic rings. The Labute approximate surface area is 229 Å². The molecule has 0 saturated carbocycles. The first-order valence-corrected chi connectivity index (χ1v) is 15.0. The maximum atomic E-state index is 13.6. The average Bonchev–Trinajstić information content (AvgIpc) is 2.94. The molecule has 5 rings (SSSR count). The Hall–Kier alpha value is -3.54. The minimum atomic E-state index is -3.78. The van der Waals surface area contributed by atoms with Gasteiger partial charge in [-0.1, -0.05) is 36.4 Å². The first kappa shape index (κ1) is 27.0. The molecule has 1 aliphatic rings. The number of hydrogen-bond donors (Lipinski definition) is 1. The Balaban J connectivity index is 1.43. The van der Waals surface area contributed by atoms with Crippen LogP contribution < -0.4 is 10.9 Å². The Morgan fingerprint density at radius 3 is 2.49 bits per heavy atom. The van der Waals surface area contributed by atoms with E-state index in [1.165, 1.54) is 33.1 Å². The number of para-hydroxylation sites is 1. The monoisotopic (exact) mass is 566 g/mol. The Kier molecular flexibility index (Phi) is 7.83. The lowest BCUT2D eigenvalue weighted by Gasteiger charge is -2.27. The topological polar surface area (TPSA) is 101 Å². The number of thioether (sulfide) groups is 1. The van der Waals surface area contributed by atoms with E-state index in [0.29, 0.717) is 29.7 Å². The van der Waals surface area contributed by atoms with Crippen LogP contribution in [0, 0.1) is 12.7 Å². The zero-order valence-electron chi connectivity index (χ0n) is 21.3. The normalized spacial score (nSPS) is 14.4. The SMILES string of the molecule is Cc1ccc(NC(=O)CSc2nc3ccccc3c(=O)n2-c2ccc(F)cc2)c(S(=O)(=O)N2CCCCC2)c1. The molecule has 202 valence electrons. The predicted octanol–water partition coefficient (Wildman–Crippen LogP) is 4.74. The van der Waals surface area contributed by atoms with E-state index in [9.17, 15) is 22.4 Å². The van der Waals surface area contributed by atoms with Gasteiger partial charge in [-0.3, -0.25) is 14.2 Å². The van der Waals surface area contributed by atoms with Gasteiger partial charge in [-0.05, 0) is 73.9 Å². The molecule has 39 heavy (non-hydrogen) atoms. The second-order valence-corrected chi connectivity index (χ2v) is 12.2. The summed E-state index contributed by atoms with van der Waals surface area (Å²) in [7, 11) is -3.78. The van der Waals surface area contributed by atoms with Crippen molar-refractivity contribution < 1.29 is 17.6 Å². The number of rotatable bonds is 7.